The van der Waals surface area contributed by atoms with Gasteiger partial charge in [-0.25, -0.2) is 0 Å². The lowest BCUT2D eigenvalue weighted by Gasteiger charge is -2.14. The number of aromatic amines is 1. The highest BCUT2D eigenvalue weighted by molar-refractivity contribution is 5.86. The van der Waals surface area contributed by atoms with Crippen LogP contribution in [0, 0.1) is 10.1 Å². The number of hydrogen-bond acceptors (Lipinski definition) is 2. The van der Waals surface area contributed by atoms with Gasteiger partial charge in [-0.15, -0.1) is 0 Å². The van der Waals surface area contributed by atoms with E-state index >= 15 is 0 Å². The summed E-state index contributed by atoms with van der Waals surface area (Å²) < 4.78 is 0. The summed E-state index contributed by atoms with van der Waals surface area (Å²) in [6.07, 6.45) is 1.90. The number of rotatable bonds is 4. The summed E-state index contributed by atoms with van der Waals surface area (Å²) in [6.45, 7) is -0.125. The van der Waals surface area contributed by atoms with Crippen LogP contribution in [-0.2, 0) is 0 Å². The summed E-state index contributed by atoms with van der Waals surface area (Å²) in [6, 6.07) is 22.1. The van der Waals surface area contributed by atoms with Crippen LogP contribution < -0.4 is 0 Å². The molecule has 0 bridgehead atoms. The lowest BCUT2D eigenvalue weighted by molar-refractivity contribution is -0.481. The summed E-state index contributed by atoms with van der Waals surface area (Å²) in [5.41, 5.74) is 2.94. The zero-order valence-corrected chi connectivity index (χ0v) is 13.0. The van der Waals surface area contributed by atoms with E-state index in [1.165, 1.54) is 0 Å². The third-order valence-electron chi connectivity index (χ3n) is 4.50. The van der Waals surface area contributed by atoms with Gasteiger partial charge in [0.25, 0.3) is 0 Å². The average molecular weight is 316 g/mol. The first-order valence-corrected chi connectivity index (χ1v) is 7.89. The van der Waals surface area contributed by atoms with E-state index in [-0.39, 0.29) is 17.4 Å². The molecular weight excluding hydrogens is 300 g/mol. The highest BCUT2D eigenvalue weighted by atomic mass is 16.6. The molecule has 0 unspecified atom stereocenters. The van der Waals surface area contributed by atoms with Gasteiger partial charge in [0.05, 0.1) is 5.92 Å². The van der Waals surface area contributed by atoms with Crippen molar-refractivity contribution in [3.05, 3.63) is 94.2 Å². The standard InChI is InChI=1S/C20H16N2O2/c23-22(24)13-19(18-12-21-20-8-4-3-7-17(18)20)16-10-9-14-5-1-2-6-15(14)11-16/h1-12,19,21H,13H2/t19-/m0/s1. The van der Waals surface area contributed by atoms with E-state index < -0.39 is 0 Å². The van der Waals surface area contributed by atoms with Crippen LogP contribution in [0.3, 0.4) is 0 Å². The fourth-order valence-electron chi connectivity index (χ4n) is 3.34. The lowest BCUT2D eigenvalue weighted by Crippen LogP contribution is -2.13. The molecule has 0 amide bonds. The summed E-state index contributed by atoms with van der Waals surface area (Å²) in [4.78, 5) is 14.3. The predicted molar refractivity (Wildman–Crippen MR) is 96.0 cm³/mol. The first-order valence-electron chi connectivity index (χ1n) is 7.89. The largest absolute Gasteiger partial charge is 0.361 e. The Bertz CT molecular complexity index is 1040. The van der Waals surface area contributed by atoms with Crippen molar-refractivity contribution in [1.29, 1.82) is 0 Å². The normalized spacial score (nSPS) is 12.5. The number of fused-ring (bicyclic) bond motifs is 2. The van der Waals surface area contributed by atoms with Gasteiger partial charge >= 0.3 is 0 Å². The molecule has 1 aromatic heterocycles. The van der Waals surface area contributed by atoms with Gasteiger partial charge in [0, 0.05) is 22.0 Å². The molecule has 0 saturated carbocycles. The third kappa shape index (κ3) is 2.52. The molecule has 4 nitrogen and oxygen atoms in total. The lowest BCUT2D eigenvalue weighted by atomic mass is 9.89. The van der Waals surface area contributed by atoms with Crippen LogP contribution >= 0.6 is 0 Å². The van der Waals surface area contributed by atoms with Crippen LogP contribution in [-0.4, -0.2) is 16.5 Å². The van der Waals surface area contributed by atoms with Gasteiger partial charge in [-0.2, -0.15) is 0 Å². The van der Waals surface area contributed by atoms with Crippen molar-refractivity contribution >= 4 is 21.7 Å². The molecule has 1 atom stereocenters. The molecule has 1 N–H and O–H groups in total. The number of hydrogen-bond donors (Lipinski definition) is 1. The van der Waals surface area contributed by atoms with Crippen LogP contribution in [0.15, 0.2) is 72.9 Å². The topological polar surface area (TPSA) is 58.9 Å². The first-order chi connectivity index (χ1) is 11.7. The highest BCUT2D eigenvalue weighted by Gasteiger charge is 2.23. The predicted octanol–water partition coefficient (Wildman–Crippen LogP) is 4.73. The van der Waals surface area contributed by atoms with E-state index in [0.29, 0.717) is 0 Å². The molecule has 4 aromatic rings. The maximum atomic E-state index is 11.3. The summed E-state index contributed by atoms with van der Waals surface area (Å²) in [5.74, 6) is -0.277. The van der Waals surface area contributed by atoms with Gasteiger partial charge in [-0.1, -0.05) is 60.7 Å². The molecule has 0 radical (unpaired) electrons. The molecule has 0 fully saturated rings. The Kier molecular flexibility index (Phi) is 3.50. The fraction of sp³-hybridized carbons (Fsp3) is 0.100. The SMILES string of the molecule is O=[N+]([O-])C[C@@H](c1ccc2ccccc2c1)c1c[nH]c2ccccc12. The highest BCUT2D eigenvalue weighted by Crippen LogP contribution is 2.32. The van der Waals surface area contributed by atoms with E-state index in [1.807, 2.05) is 66.9 Å². The number of nitro groups is 1. The molecule has 0 aliphatic carbocycles. The molecule has 4 heteroatoms. The maximum Gasteiger partial charge on any atom is 0.214 e. The monoisotopic (exact) mass is 316 g/mol. The Morgan fingerprint density at radius 1 is 0.958 bits per heavy atom. The van der Waals surface area contributed by atoms with Crippen LogP contribution in [0.4, 0.5) is 0 Å². The second-order valence-corrected chi connectivity index (χ2v) is 5.96. The number of nitrogens with zero attached hydrogens (tertiary/aromatic N) is 1. The zero-order chi connectivity index (χ0) is 16.5. The fourth-order valence-corrected chi connectivity index (χ4v) is 3.34. The minimum absolute atomic E-state index is 0.125. The Labute approximate surface area is 138 Å². The number of nitrogens with one attached hydrogen (secondary N) is 1. The average Bonchev–Trinajstić information content (AvgIpc) is 3.03. The second kappa shape index (κ2) is 5.81. The molecule has 0 spiro atoms. The molecule has 118 valence electrons. The molecule has 0 aliphatic heterocycles. The van der Waals surface area contributed by atoms with Crippen molar-refractivity contribution in [3.63, 3.8) is 0 Å². The Morgan fingerprint density at radius 3 is 2.54 bits per heavy atom. The second-order valence-electron chi connectivity index (χ2n) is 5.96. The summed E-state index contributed by atoms with van der Waals surface area (Å²) >= 11 is 0. The quantitative estimate of drug-likeness (QED) is 0.437. The number of para-hydroxylation sites is 1. The maximum absolute atomic E-state index is 11.3. The van der Waals surface area contributed by atoms with Crippen molar-refractivity contribution in [2.75, 3.05) is 6.54 Å². The minimum Gasteiger partial charge on any atom is -0.361 e. The van der Waals surface area contributed by atoms with E-state index in [2.05, 4.69) is 11.1 Å². The van der Waals surface area contributed by atoms with Gasteiger partial charge < -0.3 is 4.98 Å². The summed E-state index contributed by atoms with van der Waals surface area (Å²) in [5, 5.41) is 14.6. The molecule has 3 aromatic carbocycles. The minimum atomic E-state index is -0.277. The van der Waals surface area contributed by atoms with E-state index in [9.17, 15) is 10.1 Å². The van der Waals surface area contributed by atoms with Crippen molar-refractivity contribution < 1.29 is 4.92 Å². The molecule has 0 aliphatic rings. The molecular formula is C20H16N2O2. The number of H-pyrrole nitrogens is 1. The van der Waals surface area contributed by atoms with Gasteiger partial charge in [-0.3, -0.25) is 10.1 Å². The van der Waals surface area contributed by atoms with Crippen LogP contribution in [0.1, 0.15) is 17.0 Å². The Balaban J connectivity index is 1.88. The molecule has 0 saturated heterocycles. The van der Waals surface area contributed by atoms with Gasteiger partial charge in [0.15, 0.2) is 0 Å². The van der Waals surface area contributed by atoms with Gasteiger partial charge in [0.2, 0.25) is 6.54 Å². The molecule has 1 heterocycles. The van der Waals surface area contributed by atoms with Crippen molar-refractivity contribution in [2.24, 2.45) is 0 Å². The number of aromatic nitrogens is 1. The first kappa shape index (κ1) is 14.5. The Hall–Kier alpha value is -3.14. The van der Waals surface area contributed by atoms with Gasteiger partial charge in [-0.05, 0) is 28.0 Å². The smallest absolute Gasteiger partial charge is 0.214 e. The van der Waals surface area contributed by atoms with E-state index in [4.69, 9.17) is 0 Å². The Morgan fingerprint density at radius 2 is 1.71 bits per heavy atom. The molecule has 24 heavy (non-hydrogen) atoms. The number of benzene rings is 3. The zero-order valence-electron chi connectivity index (χ0n) is 13.0. The van der Waals surface area contributed by atoms with E-state index in [0.717, 1.165) is 32.8 Å². The van der Waals surface area contributed by atoms with Gasteiger partial charge in [0.1, 0.15) is 0 Å². The van der Waals surface area contributed by atoms with Crippen LogP contribution in [0.2, 0.25) is 0 Å². The van der Waals surface area contributed by atoms with Crippen molar-refractivity contribution in [3.8, 4) is 0 Å². The van der Waals surface area contributed by atoms with Crippen molar-refractivity contribution in [1.82, 2.24) is 4.98 Å². The van der Waals surface area contributed by atoms with Crippen molar-refractivity contribution in [2.45, 2.75) is 5.92 Å². The van der Waals surface area contributed by atoms with E-state index in [1.54, 1.807) is 0 Å². The molecule has 4 rings (SSSR count). The van der Waals surface area contributed by atoms with Crippen LogP contribution in [0.5, 0.6) is 0 Å². The third-order valence-corrected chi connectivity index (χ3v) is 4.50. The summed E-state index contributed by atoms with van der Waals surface area (Å²) in [7, 11) is 0. The van der Waals surface area contributed by atoms with Crippen LogP contribution in [0.25, 0.3) is 21.7 Å².